The van der Waals surface area contributed by atoms with Gasteiger partial charge in [-0.3, -0.25) is 0 Å². The minimum absolute atomic E-state index is 0.141. The van der Waals surface area contributed by atoms with Gasteiger partial charge in [0.25, 0.3) is 0 Å². The van der Waals surface area contributed by atoms with Gasteiger partial charge in [0.2, 0.25) is 11.7 Å². The number of hydrogen-bond donors (Lipinski definition) is 1. The average molecular weight is 275 g/mol. The van der Waals surface area contributed by atoms with Crippen molar-refractivity contribution in [2.24, 2.45) is 0 Å². The van der Waals surface area contributed by atoms with E-state index in [2.05, 4.69) is 4.98 Å². The third kappa shape index (κ3) is 2.06. The highest BCUT2D eigenvalue weighted by atomic mass is 32.1. The normalized spacial score (nSPS) is 10.8. The van der Waals surface area contributed by atoms with Crippen LogP contribution >= 0.6 is 11.3 Å². The molecule has 0 aromatic carbocycles. The maximum atomic E-state index is 11.2. The molecule has 3 aromatic heterocycles. The summed E-state index contributed by atoms with van der Waals surface area (Å²) in [6, 6.07) is 7.08. The molecule has 19 heavy (non-hydrogen) atoms. The topological polar surface area (TPSA) is 76.5 Å². The molecule has 3 rings (SSSR count). The van der Waals surface area contributed by atoms with Gasteiger partial charge in [-0.2, -0.15) is 0 Å². The summed E-state index contributed by atoms with van der Waals surface area (Å²) in [4.78, 5) is 16.0. The molecule has 0 aliphatic carbocycles. The fraction of sp³-hybridized carbons (Fsp3) is 0.0769. The van der Waals surface area contributed by atoms with Gasteiger partial charge in [-0.25, -0.2) is 9.78 Å². The molecular weight excluding hydrogens is 266 g/mol. The average Bonchev–Trinajstić information content (AvgIpc) is 3.07. The number of nitrogens with zero attached hydrogens (tertiary/aromatic N) is 1. The van der Waals surface area contributed by atoms with Crippen molar-refractivity contribution in [2.45, 2.75) is 6.92 Å². The first-order valence-electron chi connectivity index (χ1n) is 5.50. The maximum Gasteiger partial charge on any atom is 0.358 e. The summed E-state index contributed by atoms with van der Waals surface area (Å²) in [5, 5.41) is 11.1. The molecule has 0 aliphatic rings. The van der Waals surface area contributed by atoms with Gasteiger partial charge in [-0.1, -0.05) is 6.07 Å². The molecule has 3 heterocycles. The molecule has 0 bridgehead atoms. The predicted octanol–water partition coefficient (Wildman–Crippen LogP) is 3.67. The van der Waals surface area contributed by atoms with Crippen molar-refractivity contribution in [2.75, 3.05) is 0 Å². The predicted molar refractivity (Wildman–Crippen MR) is 69.2 cm³/mol. The van der Waals surface area contributed by atoms with Gasteiger partial charge in [0.15, 0.2) is 11.5 Å². The smallest absolute Gasteiger partial charge is 0.358 e. The number of carboxylic acids is 1. The Labute approximate surface area is 112 Å². The lowest BCUT2D eigenvalue weighted by molar-refractivity contribution is 0.0691. The maximum absolute atomic E-state index is 11.2. The zero-order valence-corrected chi connectivity index (χ0v) is 10.7. The van der Waals surface area contributed by atoms with Gasteiger partial charge in [0.05, 0.1) is 4.88 Å². The lowest BCUT2D eigenvalue weighted by Gasteiger charge is -1.92. The molecule has 0 saturated carbocycles. The fourth-order valence-corrected chi connectivity index (χ4v) is 2.34. The van der Waals surface area contributed by atoms with Crippen LogP contribution in [-0.2, 0) is 0 Å². The van der Waals surface area contributed by atoms with Gasteiger partial charge in [-0.05, 0) is 30.5 Å². The third-order valence-corrected chi connectivity index (χ3v) is 3.38. The molecule has 0 atom stereocenters. The van der Waals surface area contributed by atoms with Gasteiger partial charge in [0.1, 0.15) is 5.76 Å². The zero-order valence-electron chi connectivity index (χ0n) is 9.91. The number of carboxylic acid groups (broad SMARTS) is 1. The van der Waals surface area contributed by atoms with Gasteiger partial charge in [-0.15, -0.1) is 11.3 Å². The van der Waals surface area contributed by atoms with Crippen molar-refractivity contribution in [3.05, 3.63) is 41.1 Å². The summed E-state index contributed by atoms with van der Waals surface area (Å²) in [7, 11) is 0. The minimum Gasteiger partial charge on any atom is -0.476 e. The first kappa shape index (κ1) is 11.7. The van der Waals surface area contributed by atoms with Crippen LogP contribution < -0.4 is 0 Å². The van der Waals surface area contributed by atoms with Crippen LogP contribution in [0.4, 0.5) is 0 Å². The molecule has 0 unspecified atom stereocenters. The Hall–Kier alpha value is -2.34. The summed E-state index contributed by atoms with van der Waals surface area (Å²) in [5.74, 6) is 0.335. The van der Waals surface area contributed by atoms with E-state index in [0.29, 0.717) is 11.5 Å². The van der Waals surface area contributed by atoms with Crippen molar-refractivity contribution < 1.29 is 18.7 Å². The van der Waals surface area contributed by atoms with E-state index >= 15 is 0 Å². The van der Waals surface area contributed by atoms with Gasteiger partial charge in [0, 0.05) is 0 Å². The van der Waals surface area contributed by atoms with Crippen LogP contribution in [0.3, 0.4) is 0 Å². The second-order valence-electron chi connectivity index (χ2n) is 3.89. The second-order valence-corrected chi connectivity index (χ2v) is 4.84. The molecule has 0 amide bonds. The van der Waals surface area contributed by atoms with Crippen LogP contribution in [0.5, 0.6) is 0 Å². The Morgan fingerprint density at radius 3 is 2.74 bits per heavy atom. The number of thiophene rings is 1. The lowest BCUT2D eigenvalue weighted by Crippen LogP contribution is -1.98. The van der Waals surface area contributed by atoms with E-state index in [9.17, 15) is 9.90 Å². The Balaban J connectivity index is 2.15. The molecule has 5 nitrogen and oxygen atoms in total. The SMILES string of the molecule is Cc1ccc(-c2oc(-c3cccs3)nc2C(=O)O)o1. The first-order valence-corrected chi connectivity index (χ1v) is 6.38. The van der Waals surface area contributed by atoms with Crippen molar-refractivity contribution in [3.8, 4) is 22.3 Å². The van der Waals surface area contributed by atoms with Crippen LogP contribution in [-0.4, -0.2) is 16.1 Å². The summed E-state index contributed by atoms with van der Waals surface area (Å²) in [5.41, 5.74) is -0.141. The molecule has 0 aliphatic heterocycles. The molecular formula is C13H9NO4S. The van der Waals surface area contributed by atoms with Gasteiger partial charge >= 0.3 is 5.97 Å². The summed E-state index contributed by atoms with van der Waals surface area (Å²) in [6.07, 6.45) is 0. The molecule has 0 spiro atoms. The van der Waals surface area contributed by atoms with Crippen LogP contribution in [0, 0.1) is 6.92 Å². The monoisotopic (exact) mass is 275 g/mol. The van der Waals surface area contributed by atoms with E-state index in [0.717, 1.165) is 4.88 Å². The van der Waals surface area contributed by atoms with Crippen molar-refractivity contribution in [3.63, 3.8) is 0 Å². The van der Waals surface area contributed by atoms with E-state index in [1.807, 2.05) is 17.5 Å². The van der Waals surface area contributed by atoms with Gasteiger partial charge < -0.3 is 13.9 Å². The van der Waals surface area contributed by atoms with Crippen LogP contribution in [0.25, 0.3) is 22.3 Å². The number of aromatic nitrogens is 1. The van der Waals surface area contributed by atoms with E-state index < -0.39 is 5.97 Å². The first-order chi connectivity index (χ1) is 9.15. The Morgan fingerprint density at radius 1 is 1.32 bits per heavy atom. The highest BCUT2D eigenvalue weighted by Gasteiger charge is 2.24. The molecule has 1 N–H and O–H groups in total. The number of furan rings is 1. The molecule has 0 fully saturated rings. The quantitative estimate of drug-likeness (QED) is 0.789. The Kier molecular flexibility index (Phi) is 2.72. The third-order valence-electron chi connectivity index (χ3n) is 2.53. The van der Waals surface area contributed by atoms with Crippen molar-refractivity contribution in [1.82, 2.24) is 4.98 Å². The molecule has 3 aromatic rings. The lowest BCUT2D eigenvalue weighted by atomic mass is 10.3. The van der Waals surface area contributed by atoms with Crippen LogP contribution in [0.1, 0.15) is 16.2 Å². The number of carbonyl (C=O) groups is 1. The summed E-state index contributed by atoms with van der Waals surface area (Å²) < 4.78 is 10.9. The Morgan fingerprint density at radius 2 is 2.16 bits per heavy atom. The van der Waals surface area contributed by atoms with E-state index in [1.165, 1.54) is 11.3 Å². The molecule has 6 heteroatoms. The van der Waals surface area contributed by atoms with Crippen LogP contribution in [0.15, 0.2) is 38.5 Å². The van der Waals surface area contributed by atoms with E-state index in [4.69, 9.17) is 8.83 Å². The van der Waals surface area contributed by atoms with Crippen LogP contribution in [0.2, 0.25) is 0 Å². The molecule has 0 saturated heterocycles. The number of rotatable bonds is 3. The standard InChI is InChI=1S/C13H9NO4S/c1-7-4-5-8(17-7)11-10(13(15)16)14-12(18-11)9-3-2-6-19-9/h2-6H,1H3,(H,15,16). The number of oxazole rings is 1. The summed E-state index contributed by atoms with van der Waals surface area (Å²) >= 11 is 1.43. The number of aromatic carboxylic acids is 1. The number of aryl methyl sites for hydroxylation is 1. The highest BCUT2D eigenvalue weighted by Crippen LogP contribution is 2.32. The largest absolute Gasteiger partial charge is 0.476 e. The number of hydrogen-bond acceptors (Lipinski definition) is 5. The van der Waals surface area contributed by atoms with E-state index in [1.54, 1.807) is 19.1 Å². The fourth-order valence-electron chi connectivity index (χ4n) is 1.69. The highest BCUT2D eigenvalue weighted by molar-refractivity contribution is 7.13. The second kappa shape index (κ2) is 4.40. The minimum atomic E-state index is -1.14. The van der Waals surface area contributed by atoms with Crippen molar-refractivity contribution >= 4 is 17.3 Å². The molecule has 96 valence electrons. The molecule has 0 radical (unpaired) electrons. The zero-order chi connectivity index (χ0) is 13.4. The van der Waals surface area contributed by atoms with Crippen molar-refractivity contribution in [1.29, 1.82) is 0 Å². The van der Waals surface area contributed by atoms with E-state index in [-0.39, 0.29) is 17.3 Å². The Bertz CT molecular complexity index is 724. The summed E-state index contributed by atoms with van der Waals surface area (Å²) in [6.45, 7) is 1.78.